The van der Waals surface area contributed by atoms with E-state index < -0.39 is 0 Å². The molecule has 0 aromatic carbocycles. The van der Waals surface area contributed by atoms with E-state index in [1.54, 1.807) is 4.68 Å². The summed E-state index contributed by atoms with van der Waals surface area (Å²) in [4.78, 5) is 19.1. The lowest BCUT2D eigenvalue weighted by Crippen LogP contribution is -2.44. The lowest BCUT2D eigenvalue weighted by molar-refractivity contribution is -0.133. The van der Waals surface area contributed by atoms with Gasteiger partial charge in [0.05, 0.1) is 12.2 Å². The van der Waals surface area contributed by atoms with Crippen LogP contribution in [0.25, 0.3) is 0 Å². The number of nitrogens with two attached hydrogens (primary N) is 1. The minimum Gasteiger partial charge on any atom is -0.370 e. The van der Waals surface area contributed by atoms with E-state index in [1.165, 1.54) is 0 Å². The number of hydrogen-bond acceptors (Lipinski definition) is 3. The maximum atomic E-state index is 12.6. The van der Waals surface area contributed by atoms with E-state index in [9.17, 15) is 4.79 Å². The van der Waals surface area contributed by atoms with Crippen LogP contribution in [-0.4, -0.2) is 44.7 Å². The molecule has 0 unspecified atom stereocenters. The third kappa shape index (κ3) is 5.32. The van der Waals surface area contributed by atoms with Crippen molar-refractivity contribution in [2.75, 3.05) is 6.54 Å². The summed E-state index contributed by atoms with van der Waals surface area (Å²) in [6, 6.07) is 0.209. The van der Waals surface area contributed by atoms with Gasteiger partial charge in [0.15, 0.2) is 5.96 Å². The van der Waals surface area contributed by atoms with Gasteiger partial charge in [-0.15, -0.1) is 24.0 Å². The highest BCUT2D eigenvalue weighted by Gasteiger charge is 2.45. The van der Waals surface area contributed by atoms with Crippen molar-refractivity contribution in [3.63, 3.8) is 0 Å². The number of carbonyl (C=O) groups is 1. The van der Waals surface area contributed by atoms with Crippen molar-refractivity contribution in [2.45, 2.75) is 58.7 Å². The van der Waals surface area contributed by atoms with Crippen molar-refractivity contribution in [1.29, 1.82) is 0 Å². The van der Waals surface area contributed by atoms with Crippen LogP contribution in [-0.2, 0) is 11.8 Å². The van der Waals surface area contributed by atoms with Gasteiger partial charge in [0.2, 0.25) is 5.91 Å². The quantitative estimate of drug-likeness (QED) is 0.407. The monoisotopic (exact) mass is 462 g/mol. The van der Waals surface area contributed by atoms with E-state index in [1.807, 2.05) is 38.2 Å². The molecule has 8 heteroatoms. The molecule has 0 spiro atoms. The Morgan fingerprint density at radius 1 is 1.48 bits per heavy atom. The first-order valence-electron chi connectivity index (χ1n) is 8.46. The molecule has 0 radical (unpaired) electrons. The summed E-state index contributed by atoms with van der Waals surface area (Å²) in [6.07, 6.45) is 4.30. The highest BCUT2D eigenvalue weighted by atomic mass is 127. The minimum absolute atomic E-state index is 0. The van der Waals surface area contributed by atoms with E-state index in [0.29, 0.717) is 18.9 Å². The molecule has 2 atom stereocenters. The topological polar surface area (TPSA) is 88.5 Å². The number of guanidine groups is 1. The molecule has 1 aromatic heterocycles. The number of carbonyl (C=O) groups excluding carboxylic acids is 1. The number of nitrogens with zero attached hydrogens (tertiary/aromatic N) is 4. The molecule has 0 aliphatic carbocycles. The molecule has 25 heavy (non-hydrogen) atoms. The molecule has 3 N–H and O–H groups in total. The van der Waals surface area contributed by atoms with Gasteiger partial charge in [-0.1, -0.05) is 0 Å². The predicted molar refractivity (Wildman–Crippen MR) is 111 cm³/mol. The Balaban J connectivity index is 0.00000312. The molecule has 0 bridgehead atoms. The fraction of sp³-hybridized carbons (Fsp3) is 0.706. The summed E-state index contributed by atoms with van der Waals surface area (Å²) in [7, 11) is 1.89. The van der Waals surface area contributed by atoms with Gasteiger partial charge >= 0.3 is 0 Å². The average Bonchev–Trinajstić information content (AvgIpc) is 2.98. The first kappa shape index (κ1) is 21.7. The molecule has 2 rings (SSSR count). The Bertz CT molecular complexity index is 619. The van der Waals surface area contributed by atoms with E-state index in [4.69, 9.17) is 5.73 Å². The van der Waals surface area contributed by atoms with Gasteiger partial charge in [-0.05, 0) is 34.6 Å². The zero-order valence-electron chi connectivity index (χ0n) is 16.0. The third-order valence-corrected chi connectivity index (χ3v) is 4.15. The Morgan fingerprint density at radius 2 is 2.12 bits per heavy atom. The average molecular weight is 462 g/mol. The van der Waals surface area contributed by atoms with E-state index in [-0.39, 0.29) is 53.4 Å². The Morgan fingerprint density at radius 3 is 2.60 bits per heavy atom. The first-order chi connectivity index (χ1) is 11.1. The Hall–Kier alpha value is -1.32. The summed E-state index contributed by atoms with van der Waals surface area (Å²) in [5.74, 6) is 0.678. The maximum absolute atomic E-state index is 12.6. The van der Waals surface area contributed by atoms with E-state index >= 15 is 0 Å². The number of likely N-dealkylation sites (tertiary alicyclic amines) is 1. The normalized spacial score (nSPS) is 21.6. The van der Waals surface area contributed by atoms with Crippen LogP contribution in [0.5, 0.6) is 0 Å². The van der Waals surface area contributed by atoms with Crippen molar-refractivity contribution < 1.29 is 4.79 Å². The van der Waals surface area contributed by atoms with Crippen LogP contribution in [0.2, 0.25) is 0 Å². The molecule has 1 saturated heterocycles. The summed E-state index contributed by atoms with van der Waals surface area (Å²) >= 11 is 0. The lowest BCUT2D eigenvalue weighted by Gasteiger charge is -2.38. The number of aliphatic imine (C=N–C) groups is 1. The number of aryl methyl sites for hydroxylation is 1. The molecule has 0 saturated carbocycles. The van der Waals surface area contributed by atoms with Crippen molar-refractivity contribution >= 4 is 35.8 Å². The number of halogens is 1. The molecular formula is C17H31IN6O. The van der Waals surface area contributed by atoms with Crippen LogP contribution in [0.3, 0.4) is 0 Å². The molecule has 1 fully saturated rings. The van der Waals surface area contributed by atoms with Crippen molar-refractivity contribution in [2.24, 2.45) is 23.7 Å². The van der Waals surface area contributed by atoms with Crippen molar-refractivity contribution in [1.82, 2.24) is 20.0 Å². The van der Waals surface area contributed by atoms with Gasteiger partial charge in [0.25, 0.3) is 0 Å². The molecule has 142 valence electrons. The molecule has 1 aliphatic rings. The van der Waals surface area contributed by atoms with Crippen LogP contribution >= 0.6 is 24.0 Å². The largest absolute Gasteiger partial charge is 0.370 e. The van der Waals surface area contributed by atoms with Gasteiger partial charge in [0.1, 0.15) is 0 Å². The van der Waals surface area contributed by atoms with E-state index in [0.717, 1.165) is 5.56 Å². The Kier molecular flexibility index (Phi) is 7.28. The van der Waals surface area contributed by atoms with Gasteiger partial charge in [-0.2, -0.15) is 5.10 Å². The van der Waals surface area contributed by atoms with Crippen LogP contribution in [0.1, 0.15) is 52.6 Å². The van der Waals surface area contributed by atoms with Crippen molar-refractivity contribution in [3.05, 3.63) is 18.0 Å². The van der Waals surface area contributed by atoms with E-state index in [2.05, 4.69) is 36.2 Å². The fourth-order valence-corrected chi connectivity index (χ4v) is 3.33. The number of aromatic nitrogens is 2. The number of hydrogen-bond donors (Lipinski definition) is 2. The molecule has 1 aromatic rings. The third-order valence-electron chi connectivity index (χ3n) is 4.15. The van der Waals surface area contributed by atoms with Crippen LogP contribution in [0.15, 0.2) is 17.4 Å². The van der Waals surface area contributed by atoms with Gasteiger partial charge in [-0.25, -0.2) is 0 Å². The summed E-state index contributed by atoms with van der Waals surface area (Å²) in [5, 5.41) is 7.37. The second kappa shape index (κ2) is 8.37. The molecule has 1 amide bonds. The van der Waals surface area contributed by atoms with Crippen LogP contribution < -0.4 is 11.1 Å². The fourth-order valence-electron chi connectivity index (χ4n) is 3.33. The summed E-state index contributed by atoms with van der Waals surface area (Å²) < 4.78 is 1.77. The molecule has 1 aliphatic heterocycles. The summed E-state index contributed by atoms with van der Waals surface area (Å²) in [6.45, 7) is 10.7. The zero-order chi connectivity index (χ0) is 18.1. The SMILES string of the molecule is CC(C)NC(N)=NC[C@@H]1CC(=O)N(C(C)(C)C)[C@H]1c1cnn(C)c1.I. The number of rotatable bonds is 4. The maximum Gasteiger partial charge on any atom is 0.223 e. The van der Waals surface area contributed by atoms with Gasteiger partial charge in [0, 0.05) is 49.3 Å². The van der Waals surface area contributed by atoms with Gasteiger partial charge in [-0.3, -0.25) is 14.5 Å². The molecule has 2 heterocycles. The first-order valence-corrected chi connectivity index (χ1v) is 8.46. The summed E-state index contributed by atoms with van der Waals surface area (Å²) in [5.41, 5.74) is 6.72. The number of nitrogens with one attached hydrogen (secondary N) is 1. The zero-order valence-corrected chi connectivity index (χ0v) is 18.3. The smallest absolute Gasteiger partial charge is 0.223 e. The Labute approximate surface area is 167 Å². The van der Waals surface area contributed by atoms with Gasteiger partial charge < -0.3 is 16.0 Å². The lowest BCUT2D eigenvalue weighted by atomic mass is 9.93. The number of amides is 1. The highest BCUT2D eigenvalue weighted by Crippen LogP contribution is 2.42. The predicted octanol–water partition coefficient (Wildman–Crippen LogP) is 2.04. The molecular weight excluding hydrogens is 431 g/mol. The highest BCUT2D eigenvalue weighted by molar-refractivity contribution is 14.0. The standard InChI is InChI=1S/C17H30N6O.HI/c1-11(2)21-16(18)19-8-12-7-14(24)23(17(3,4)5)15(12)13-9-20-22(6)10-13;/h9-12,15H,7-8H2,1-6H3,(H3,18,19,21);1H/t12-,15+;/m0./s1. The van der Waals surface area contributed by atoms with Crippen molar-refractivity contribution in [3.8, 4) is 0 Å². The van der Waals surface area contributed by atoms with Crippen LogP contribution in [0, 0.1) is 5.92 Å². The van der Waals surface area contributed by atoms with Crippen LogP contribution in [0.4, 0.5) is 0 Å². The second-order valence-electron chi connectivity index (χ2n) is 7.82. The minimum atomic E-state index is -0.252. The second-order valence-corrected chi connectivity index (χ2v) is 7.82. The molecule has 7 nitrogen and oxygen atoms in total.